The van der Waals surface area contributed by atoms with Crippen molar-refractivity contribution < 1.29 is 19.1 Å². The smallest absolute Gasteiger partial charge is 0.407 e. The van der Waals surface area contributed by atoms with Gasteiger partial charge in [-0.25, -0.2) is 4.79 Å². The van der Waals surface area contributed by atoms with Crippen molar-refractivity contribution in [3.8, 4) is 0 Å². The van der Waals surface area contributed by atoms with Crippen LogP contribution in [0.3, 0.4) is 0 Å². The van der Waals surface area contributed by atoms with Crippen molar-refractivity contribution in [1.29, 1.82) is 0 Å². The van der Waals surface area contributed by atoms with E-state index in [0.29, 0.717) is 17.8 Å². The van der Waals surface area contributed by atoms with Crippen LogP contribution in [0, 0.1) is 0 Å². The normalized spacial score (nSPS) is 10.8. The topological polar surface area (TPSA) is 96.5 Å². The fraction of sp³-hybridized carbons (Fsp3) is 0.318. The number of nitrogens with one attached hydrogen (secondary N) is 3. The van der Waals surface area contributed by atoms with E-state index >= 15 is 0 Å². The minimum atomic E-state index is -0.580. The molecule has 0 radical (unpaired) electrons. The monoisotopic (exact) mass is 475 g/mol. The number of carbonyl (C=O) groups is 3. The van der Waals surface area contributed by atoms with Crippen LogP contribution in [0.15, 0.2) is 53.0 Å². The molecule has 0 aliphatic heterocycles. The molecule has 30 heavy (non-hydrogen) atoms. The maximum atomic E-state index is 12.4. The van der Waals surface area contributed by atoms with Crippen LogP contribution in [0.25, 0.3) is 0 Å². The zero-order valence-corrected chi connectivity index (χ0v) is 18.8. The molecule has 3 N–H and O–H groups in total. The Morgan fingerprint density at radius 2 is 1.73 bits per heavy atom. The molecule has 8 heteroatoms. The quantitative estimate of drug-likeness (QED) is 0.557. The third-order valence-electron chi connectivity index (χ3n) is 3.78. The van der Waals surface area contributed by atoms with Crippen molar-refractivity contribution in [1.82, 2.24) is 10.6 Å². The molecule has 0 bridgehead atoms. The molecule has 3 amide bonds. The largest absolute Gasteiger partial charge is 0.444 e. The van der Waals surface area contributed by atoms with E-state index in [-0.39, 0.29) is 24.8 Å². The summed E-state index contributed by atoms with van der Waals surface area (Å²) in [5, 5.41) is 8.18. The van der Waals surface area contributed by atoms with Crippen LogP contribution >= 0.6 is 15.9 Å². The van der Waals surface area contributed by atoms with Gasteiger partial charge in [0.1, 0.15) is 5.60 Å². The highest BCUT2D eigenvalue weighted by atomic mass is 79.9. The Morgan fingerprint density at radius 3 is 2.43 bits per heavy atom. The molecular formula is C22H26BrN3O4. The molecule has 2 rings (SSSR count). The lowest BCUT2D eigenvalue weighted by molar-refractivity contribution is -0.121. The van der Waals surface area contributed by atoms with Gasteiger partial charge in [0.05, 0.1) is 0 Å². The summed E-state index contributed by atoms with van der Waals surface area (Å²) in [6, 6.07) is 14.4. The fourth-order valence-corrected chi connectivity index (χ4v) is 2.87. The van der Waals surface area contributed by atoms with Crippen LogP contribution in [-0.2, 0) is 16.1 Å². The molecule has 0 saturated heterocycles. The first kappa shape index (κ1) is 23.4. The van der Waals surface area contributed by atoms with E-state index in [2.05, 4.69) is 31.9 Å². The standard InChI is InChI=1S/C22H26BrN3O4/c1-22(2,3)30-21(29)24-11-10-19(27)25-14-15-6-4-9-18(12-15)26-20(28)16-7-5-8-17(23)13-16/h4-9,12-13H,10-11,14H2,1-3H3,(H,24,29)(H,25,27)(H,26,28). The summed E-state index contributed by atoms with van der Waals surface area (Å²) in [6.45, 7) is 5.81. The number of rotatable bonds is 7. The zero-order valence-electron chi connectivity index (χ0n) is 17.3. The maximum Gasteiger partial charge on any atom is 0.407 e. The second-order valence-corrected chi connectivity index (χ2v) is 8.54. The van der Waals surface area contributed by atoms with Crippen LogP contribution in [0.5, 0.6) is 0 Å². The van der Waals surface area contributed by atoms with Crippen LogP contribution in [-0.4, -0.2) is 30.1 Å². The molecule has 0 saturated carbocycles. The zero-order chi connectivity index (χ0) is 22.1. The molecule has 0 unspecified atom stereocenters. The van der Waals surface area contributed by atoms with Crippen LogP contribution in [0.4, 0.5) is 10.5 Å². The van der Waals surface area contributed by atoms with Gasteiger partial charge in [0.2, 0.25) is 5.91 Å². The van der Waals surface area contributed by atoms with E-state index in [9.17, 15) is 14.4 Å². The SMILES string of the molecule is CC(C)(C)OC(=O)NCCC(=O)NCc1cccc(NC(=O)c2cccc(Br)c2)c1. The van der Waals surface area contributed by atoms with Crippen molar-refractivity contribution in [2.45, 2.75) is 39.3 Å². The number of amides is 3. The number of anilines is 1. The summed E-state index contributed by atoms with van der Waals surface area (Å²) in [5.41, 5.74) is 1.44. The lowest BCUT2D eigenvalue weighted by atomic mass is 10.1. The van der Waals surface area contributed by atoms with Gasteiger partial charge in [-0.2, -0.15) is 0 Å². The van der Waals surface area contributed by atoms with E-state index in [4.69, 9.17) is 4.74 Å². The van der Waals surface area contributed by atoms with Crippen molar-refractivity contribution in [3.63, 3.8) is 0 Å². The van der Waals surface area contributed by atoms with Gasteiger partial charge >= 0.3 is 6.09 Å². The predicted molar refractivity (Wildman–Crippen MR) is 119 cm³/mol. The van der Waals surface area contributed by atoms with E-state index in [1.165, 1.54) is 0 Å². The molecular weight excluding hydrogens is 450 g/mol. The number of alkyl carbamates (subject to hydrolysis) is 1. The number of halogens is 1. The van der Waals surface area contributed by atoms with Gasteiger partial charge in [-0.15, -0.1) is 0 Å². The fourth-order valence-electron chi connectivity index (χ4n) is 2.47. The number of benzene rings is 2. The van der Waals surface area contributed by atoms with E-state index < -0.39 is 11.7 Å². The summed E-state index contributed by atoms with van der Waals surface area (Å²) in [7, 11) is 0. The molecule has 2 aromatic rings. The van der Waals surface area contributed by atoms with Crippen LogP contribution in [0.1, 0.15) is 43.1 Å². The van der Waals surface area contributed by atoms with Crippen molar-refractivity contribution in [2.24, 2.45) is 0 Å². The highest BCUT2D eigenvalue weighted by molar-refractivity contribution is 9.10. The third kappa shape index (κ3) is 8.65. The first-order valence-electron chi connectivity index (χ1n) is 9.52. The first-order valence-corrected chi connectivity index (χ1v) is 10.3. The summed E-state index contributed by atoms with van der Waals surface area (Å²) in [6.07, 6.45) is -0.414. The molecule has 0 aliphatic carbocycles. The Balaban J connectivity index is 1.79. The summed E-state index contributed by atoms with van der Waals surface area (Å²) in [5.74, 6) is -0.416. The average molecular weight is 476 g/mol. The molecule has 0 fully saturated rings. The lowest BCUT2D eigenvalue weighted by Gasteiger charge is -2.19. The number of ether oxygens (including phenoxy) is 1. The Kier molecular flexibility index (Phi) is 8.41. The number of hydrogen-bond donors (Lipinski definition) is 3. The molecule has 160 valence electrons. The van der Waals surface area contributed by atoms with Crippen LogP contribution in [0.2, 0.25) is 0 Å². The van der Waals surface area contributed by atoms with Gasteiger partial charge < -0.3 is 20.7 Å². The Morgan fingerprint density at radius 1 is 1.00 bits per heavy atom. The van der Waals surface area contributed by atoms with E-state index in [0.717, 1.165) is 10.0 Å². The lowest BCUT2D eigenvalue weighted by Crippen LogP contribution is -2.35. The summed E-state index contributed by atoms with van der Waals surface area (Å²) >= 11 is 3.35. The van der Waals surface area contributed by atoms with Gasteiger partial charge in [-0.1, -0.05) is 34.1 Å². The molecule has 0 aliphatic rings. The highest BCUT2D eigenvalue weighted by Gasteiger charge is 2.15. The predicted octanol–water partition coefficient (Wildman–Crippen LogP) is 4.23. The Hall–Kier alpha value is -2.87. The second kappa shape index (κ2) is 10.8. The number of hydrogen-bond acceptors (Lipinski definition) is 4. The third-order valence-corrected chi connectivity index (χ3v) is 4.27. The van der Waals surface area contributed by atoms with Gasteiger partial charge in [0, 0.05) is 35.2 Å². The molecule has 0 atom stereocenters. The van der Waals surface area contributed by atoms with Gasteiger partial charge in [0.25, 0.3) is 5.91 Å². The van der Waals surface area contributed by atoms with Gasteiger partial charge in [0.15, 0.2) is 0 Å². The molecule has 0 heterocycles. The van der Waals surface area contributed by atoms with Gasteiger partial charge in [-0.3, -0.25) is 9.59 Å². The molecule has 7 nitrogen and oxygen atoms in total. The van der Waals surface area contributed by atoms with E-state index in [1.807, 2.05) is 18.2 Å². The second-order valence-electron chi connectivity index (χ2n) is 7.62. The van der Waals surface area contributed by atoms with Crippen molar-refractivity contribution in [3.05, 3.63) is 64.1 Å². The first-order chi connectivity index (χ1) is 14.1. The molecule has 0 aromatic heterocycles. The van der Waals surface area contributed by atoms with Crippen LogP contribution < -0.4 is 16.0 Å². The van der Waals surface area contributed by atoms with Crippen molar-refractivity contribution in [2.75, 3.05) is 11.9 Å². The summed E-state index contributed by atoms with van der Waals surface area (Å²) in [4.78, 5) is 35.9. The van der Waals surface area contributed by atoms with Gasteiger partial charge in [-0.05, 0) is 56.7 Å². The maximum absolute atomic E-state index is 12.4. The average Bonchev–Trinajstić information content (AvgIpc) is 2.65. The molecule has 0 spiro atoms. The minimum Gasteiger partial charge on any atom is -0.444 e. The summed E-state index contributed by atoms with van der Waals surface area (Å²) < 4.78 is 5.94. The van der Waals surface area contributed by atoms with Crippen molar-refractivity contribution >= 4 is 39.5 Å². The van der Waals surface area contributed by atoms with E-state index in [1.54, 1.807) is 51.1 Å². The number of carbonyl (C=O) groups excluding carboxylic acids is 3. The minimum absolute atomic E-state index is 0.137. The highest BCUT2D eigenvalue weighted by Crippen LogP contribution is 2.15. The Bertz CT molecular complexity index is 909. The molecule has 2 aromatic carbocycles. The Labute approximate surface area is 184 Å².